The summed E-state index contributed by atoms with van der Waals surface area (Å²) in [6.07, 6.45) is -3.41. The summed E-state index contributed by atoms with van der Waals surface area (Å²) >= 11 is 3.16. The van der Waals surface area contributed by atoms with Crippen LogP contribution in [0.3, 0.4) is 0 Å². The number of phenolic OH excluding ortho intramolecular Hbond substituents is 1. The van der Waals surface area contributed by atoms with E-state index in [2.05, 4.69) is 20.7 Å². The van der Waals surface area contributed by atoms with Gasteiger partial charge in [0.05, 0.1) is 14.2 Å². The van der Waals surface area contributed by atoms with Crippen molar-refractivity contribution in [2.24, 2.45) is 0 Å². The first-order valence-electron chi connectivity index (χ1n) is 4.92. The first-order valence-corrected chi connectivity index (χ1v) is 5.72. The van der Waals surface area contributed by atoms with Gasteiger partial charge in [0.1, 0.15) is 6.10 Å². The van der Waals surface area contributed by atoms with Gasteiger partial charge in [0.25, 0.3) is 0 Å². The first kappa shape index (κ1) is 14.7. The number of methoxy groups -OCH3 is 2. The van der Waals surface area contributed by atoms with E-state index in [1.54, 1.807) is 0 Å². The summed E-state index contributed by atoms with van der Waals surface area (Å²) in [6, 6.07) is 2.85. The Balaban J connectivity index is 3.16. The lowest BCUT2D eigenvalue weighted by Crippen LogP contribution is -2.29. The molecule has 2 unspecified atom stereocenters. The first-order chi connectivity index (χ1) is 8.42. The van der Waals surface area contributed by atoms with Gasteiger partial charge in [-0.25, -0.2) is 4.79 Å². The van der Waals surface area contributed by atoms with Gasteiger partial charge in [-0.05, 0) is 12.1 Å². The van der Waals surface area contributed by atoms with Crippen LogP contribution in [0.4, 0.5) is 0 Å². The Bertz CT molecular complexity index is 447. The number of ether oxygens (including phenoxy) is 2. The fraction of sp³-hybridized carbons (Fsp3) is 0.364. The Morgan fingerprint density at radius 1 is 1.33 bits per heavy atom. The van der Waals surface area contributed by atoms with Crippen LogP contribution in [0, 0.1) is 0 Å². The summed E-state index contributed by atoms with van der Waals surface area (Å²) in [5, 5.41) is 29.2. The standard InChI is InChI=1S/C11H13BrO6/c1-17-7-4-5(12)3-6(8(7)13)9(14)10(15)11(16)18-2/h3-4,9-10,13-15H,1-2H3. The predicted octanol–water partition coefficient (Wildman–Crippen LogP) is 0.731. The molecule has 0 saturated carbocycles. The van der Waals surface area contributed by atoms with E-state index in [4.69, 9.17) is 4.74 Å². The quantitative estimate of drug-likeness (QED) is 0.708. The van der Waals surface area contributed by atoms with E-state index < -0.39 is 18.2 Å². The van der Waals surface area contributed by atoms with Crippen LogP contribution in [0.1, 0.15) is 11.7 Å². The minimum atomic E-state index is -1.79. The van der Waals surface area contributed by atoms with Crippen LogP contribution in [0.2, 0.25) is 0 Å². The van der Waals surface area contributed by atoms with Gasteiger partial charge < -0.3 is 24.8 Å². The molecule has 0 saturated heterocycles. The number of hydrogen-bond acceptors (Lipinski definition) is 6. The summed E-state index contributed by atoms with van der Waals surface area (Å²) in [6.45, 7) is 0. The highest BCUT2D eigenvalue weighted by Crippen LogP contribution is 2.38. The van der Waals surface area contributed by atoms with Gasteiger partial charge in [-0.3, -0.25) is 0 Å². The number of carbonyl (C=O) groups excluding carboxylic acids is 1. The number of phenols is 1. The van der Waals surface area contributed by atoms with Crippen LogP contribution in [-0.4, -0.2) is 41.6 Å². The van der Waals surface area contributed by atoms with Crippen molar-refractivity contribution in [1.29, 1.82) is 0 Å². The Hall–Kier alpha value is -1.31. The van der Waals surface area contributed by atoms with E-state index in [1.165, 1.54) is 19.2 Å². The van der Waals surface area contributed by atoms with Crippen LogP contribution in [0.15, 0.2) is 16.6 Å². The van der Waals surface area contributed by atoms with Gasteiger partial charge >= 0.3 is 5.97 Å². The molecule has 0 radical (unpaired) electrons. The van der Waals surface area contributed by atoms with Crippen molar-refractivity contribution in [2.75, 3.05) is 14.2 Å². The van der Waals surface area contributed by atoms with Crippen molar-refractivity contribution in [2.45, 2.75) is 12.2 Å². The zero-order valence-electron chi connectivity index (χ0n) is 9.75. The van der Waals surface area contributed by atoms with Crippen molar-refractivity contribution in [1.82, 2.24) is 0 Å². The van der Waals surface area contributed by atoms with Gasteiger partial charge in [0, 0.05) is 10.0 Å². The lowest BCUT2D eigenvalue weighted by molar-refractivity contribution is -0.156. The van der Waals surface area contributed by atoms with E-state index in [0.717, 1.165) is 7.11 Å². The number of benzene rings is 1. The molecule has 1 aromatic rings. The molecule has 100 valence electrons. The second-order valence-corrected chi connectivity index (χ2v) is 4.37. The maximum atomic E-state index is 11.1. The molecule has 7 heteroatoms. The molecule has 1 rings (SSSR count). The molecule has 18 heavy (non-hydrogen) atoms. The monoisotopic (exact) mass is 320 g/mol. The zero-order valence-corrected chi connectivity index (χ0v) is 11.3. The van der Waals surface area contributed by atoms with Crippen LogP contribution in [0.25, 0.3) is 0 Å². The molecular formula is C11H13BrO6. The Kier molecular flexibility index (Phi) is 4.94. The zero-order chi connectivity index (χ0) is 13.9. The molecule has 0 aliphatic rings. The van der Waals surface area contributed by atoms with Crippen LogP contribution in [-0.2, 0) is 9.53 Å². The fourth-order valence-corrected chi connectivity index (χ4v) is 1.85. The topological polar surface area (TPSA) is 96.2 Å². The lowest BCUT2D eigenvalue weighted by atomic mass is 10.0. The molecule has 3 N–H and O–H groups in total. The molecule has 0 bridgehead atoms. The Morgan fingerprint density at radius 2 is 1.94 bits per heavy atom. The van der Waals surface area contributed by atoms with Crippen LogP contribution < -0.4 is 4.74 Å². The second kappa shape index (κ2) is 6.03. The number of halogens is 1. The summed E-state index contributed by atoms with van der Waals surface area (Å²) < 4.78 is 9.72. The Morgan fingerprint density at radius 3 is 2.44 bits per heavy atom. The largest absolute Gasteiger partial charge is 0.504 e. The summed E-state index contributed by atoms with van der Waals surface area (Å²) in [5.74, 6) is -1.24. The minimum Gasteiger partial charge on any atom is -0.504 e. The van der Waals surface area contributed by atoms with E-state index >= 15 is 0 Å². The summed E-state index contributed by atoms with van der Waals surface area (Å²) in [7, 11) is 2.42. The number of aliphatic hydroxyl groups is 2. The van der Waals surface area contributed by atoms with E-state index in [9.17, 15) is 20.1 Å². The minimum absolute atomic E-state index is 0.0425. The smallest absolute Gasteiger partial charge is 0.337 e. The van der Waals surface area contributed by atoms with E-state index in [1.807, 2.05) is 0 Å². The van der Waals surface area contributed by atoms with Crippen LogP contribution in [0.5, 0.6) is 11.5 Å². The lowest BCUT2D eigenvalue weighted by Gasteiger charge is -2.18. The number of aliphatic hydroxyl groups excluding tert-OH is 2. The highest BCUT2D eigenvalue weighted by atomic mass is 79.9. The number of carbonyl (C=O) groups is 1. The van der Waals surface area contributed by atoms with Crippen molar-refractivity contribution in [3.05, 3.63) is 22.2 Å². The fourth-order valence-electron chi connectivity index (χ4n) is 1.40. The van der Waals surface area contributed by atoms with Gasteiger partial charge in [-0.15, -0.1) is 0 Å². The second-order valence-electron chi connectivity index (χ2n) is 3.46. The molecule has 0 aromatic heterocycles. The molecule has 0 aliphatic heterocycles. The highest BCUT2D eigenvalue weighted by Gasteiger charge is 2.29. The van der Waals surface area contributed by atoms with Crippen molar-refractivity contribution in [3.63, 3.8) is 0 Å². The Labute approximate surface area is 112 Å². The van der Waals surface area contributed by atoms with Gasteiger partial charge in [0.2, 0.25) is 0 Å². The molecule has 0 heterocycles. The van der Waals surface area contributed by atoms with Gasteiger partial charge in [-0.2, -0.15) is 0 Å². The number of aromatic hydroxyl groups is 1. The average Bonchev–Trinajstić information content (AvgIpc) is 2.38. The normalized spacial score (nSPS) is 13.8. The molecule has 2 atom stereocenters. The van der Waals surface area contributed by atoms with Crippen LogP contribution >= 0.6 is 15.9 Å². The summed E-state index contributed by atoms with van der Waals surface area (Å²) in [4.78, 5) is 11.1. The predicted molar refractivity (Wildman–Crippen MR) is 65.3 cm³/mol. The van der Waals surface area contributed by atoms with Crippen molar-refractivity contribution < 1.29 is 29.6 Å². The maximum Gasteiger partial charge on any atom is 0.337 e. The van der Waals surface area contributed by atoms with Crippen molar-refractivity contribution in [3.8, 4) is 11.5 Å². The molecular weight excluding hydrogens is 308 g/mol. The molecule has 0 fully saturated rings. The molecule has 6 nitrogen and oxygen atoms in total. The molecule has 0 spiro atoms. The molecule has 0 aliphatic carbocycles. The van der Waals surface area contributed by atoms with Gasteiger partial charge in [-0.1, -0.05) is 15.9 Å². The maximum absolute atomic E-state index is 11.1. The highest BCUT2D eigenvalue weighted by molar-refractivity contribution is 9.10. The van der Waals surface area contributed by atoms with Gasteiger partial charge in [0.15, 0.2) is 17.6 Å². The van der Waals surface area contributed by atoms with E-state index in [0.29, 0.717) is 4.47 Å². The third kappa shape index (κ3) is 2.92. The third-order valence-corrected chi connectivity index (χ3v) is 2.81. The number of rotatable bonds is 4. The number of hydrogen-bond donors (Lipinski definition) is 3. The van der Waals surface area contributed by atoms with E-state index in [-0.39, 0.29) is 17.1 Å². The molecule has 0 amide bonds. The van der Waals surface area contributed by atoms with Crippen molar-refractivity contribution >= 4 is 21.9 Å². The third-order valence-electron chi connectivity index (χ3n) is 2.35. The summed E-state index contributed by atoms with van der Waals surface area (Å²) in [5.41, 5.74) is -0.0425. The average molecular weight is 321 g/mol. The number of esters is 1. The molecule has 1 aromatic carbocycles. The SMILES string of the molecule is COC(=O)C(O)C(O)c1cc(Br)cc(OC)c1O.